The quantitative estimate of drug-likeness (QED) is 0.154. The minimum atomic E-state index is -5.71. The van der Waals surface area contributed by atoms with Crippen molar-refractivity contribution in [1.82, 2.24) is 0 Å². The van der Waals surface area contributed by atoms with Gasteiger partial charge in [-0.25, -0.2) is 0 Å². The number of rotatable bonds is 9. The molecule has 0 saturated carbocycles. The van der Waals surface area contributed by atoms with Crippen molar-refractivity contribution in [2.24, 2.45) is 0 Å². The molecule has 216 valence electrons. The Bertz CT molecular complexity index is 1700. The van der Waals surface area contributed by atoms with Crippen LogP contribution in [0.25, 0.3) is 23.3 Å². The number of allylic oxidation sites excluding steroid dienone is 2. The SMILES string of the molecule is CCCC1=Cc2c(-c3ccc(CCC)cc3)cccc2[CH]1[Zr]([Cl])([Cl])([c]1ccccc1)([CH]1C=Cc2ccccc21)[SiH](C)C. The standard InChI is InChI=1S/C21H23.C9H7.C6H5.C2H7Si.2ClH.Zr/c1-3-6-16-10-12-18(13-11-16)20-9-5-8-19-14-17(7-4-2)15-21(19)20;1-2-5-9-7-3-6-8(9)4-1;1-2-4-6-5-3-1;1-3-2;;;/h5,8-15H,3-4,6-7H2,1-2H3;1-7H;1-5H;3H,1-2H3;2*1H;/q;;;;;;+2/p-2. The van der Waals surface area contributed by atoms with Gasteiger partial charge in [0.15, 0.2) is 0 Å². The van der Waals surface area contributed by atoms with Crippen LogP contribution >= 0.6 is 17.0 Å². The molecule has 2 atom stereocenters. The summed E-state index contributed by atoms with van der Waals surface area (Å²) in [5, 5.41) is 0. The van der Waals surface area contributed by atoms with Crippen LogP contribution in [0.5, 0.6) is 0 Å². The Morgan fingerprint density at radius 1 is 0.714 bits per heavy atom. The second-order valence-electron chi connectivity index (χ2n) is 13.0. The summed E-state index contributed by atoms with van der Waals surface area (Å²) in [6.07, 6.45) is 11.5. The van der Waals surface area contributed by atoms with E-state index < -0.39 is 20.0 Å². The monoisotopic (exact) mass is 686 g/mol. The first-order valence-corrected chi connectivity index (χ1v) is 33.3. The Balaban J connectivity index is 1.68. The second-order valence-corrected chi connectivity index (χ2v) is 64.0. The molecule has 0 heterocycles. The average Bonchev–Trinajstić information content (AvgIpc) is 3.62. The van der Waals surface area contributed by atoms with Crippen molar-refractivity contribution in [2.75, 3.05) is 0 Å². The summed E-state index contributed by atoms with van der Waals surface area (Å²) in [5.74, 6) is -1.83. The summed E-state index contributed by atoms with van der Waals surface area (Å²) >= 11 is -5.71. The van der Waals surface area contributed by atoms with E-state index >= 15 is 0 Å². The van der Waals surface area contributed by atoms with Crippen LogP contribution in [0.4, 0.5) is 0 Å². The molecule has 4 aromatic rings. The summed E-state index contributed by atoms with van der Waals surface area (Å²) in [7, 11) is 18.0. The predicted octanol–water partition coefficient (Wildman–Crippen LogP) is 11.2. The zero-order chi connectivity index (χ0) is 29.6. The summed E-state index contributed by atoms with van der Waals surface area (Å²) in [6, 6.07) is 35.8. The fourth-order valence-electron chi connectivity index (χ4n) is 8.44. The van der Waals surface area contributed by atoms with Gasteiger partial charge in [-0.05, 0) is 0 Å². The van der Waals surface area contributed by atoms with Crippen molar-refractivity contribution in [3.63, 3.8) is 0 Å². The van der Waals surface area contributed by atoms with E-state index in [1.807, 2.05) is 0 Å². The molecule has 4 aromatic carbocycles. The van der Waals surface area contributed by atoms with Gasteiger partial charge in [-0.15, -0.1) is 0 Å². The molecule has 4 heteroatoms. The van der Waals surface area contributed by atoms with Crippen molar-refractivity contribution in [2.45, 2.75) is 59.9 Å². The molecule has 0 nitrogen and oxygen atoms in total. The minimum absolute atomic E-state index is 0.00123. The van der Waals surface area contributed by atoms with Crippen molar-refractivity contribution < 1.29 is 14.1 Å². The molecule has 2 aliphatic rings. The Kier molecular flexibility index (Phi) is 7.80. The number of hydrogen-bond acceptors (Lipinski definition) is 0. The van der Waals surface area contributed by atoms with Crippen molar-refractivity contribution >= 4 is 38.4 Å². The van der Waals surface area contributed by atoms with Gasteiger partial charge in [0, 0.05) is 0 Å². The van der Waals surface area contributed by atoms with Crippen molar-refractivity contribution in [3.05, 3.63) is 137 Å². The van der Waals surface area contributed by atoms with E-state index in [0.717, 1.165) is 25.7 Å². The Morgan fingerprint density at radius 3 is 2.07 bits per heavy atom. The maximum atomic E-state index is 9.00. The average molecular weight is 689 g/mol. The molecule has 42 heavy (non-hydrogen) atoms. The topological polar surface area (TPSA) is 0 Å². The third-order valence-electron chi connectivity index (χ3n) is 10.6. The molecule has 0 fully saturated rings. The molecule has 0 bridgehead atoms. The Hall–Kier alpha value is -1.96. The zero-order valence-corrected chi connectivity index (χ0v) is 30.4. The van der Waals surface area contributed by atoms with Crippen molar-refractivity contribution in [1.29, 1.82) is 0 Å². The van der Waals surface area contributed by atoms with E-state index in [9.17, 15) is 0 Å². The molecule has 0 amide bonds. The van der Waals surface area contributed by atoms with Crippen LogP contribution in [-0.2, 0) is 20.5 Å². The number of aryl methyl sites for hydroxylation is 1. The van der Waals surface area contributed by atoms with Crippen LogP contribution in [0.3, 0.4) is 0 Å². The fraction of sp³-hybridized carbons (Fsp3) is 0.263. The van der Waals surface area contributed by atoms with Gasteiger partial charge >= 0.3 is 260 Å². The summed E-state index contributed by atoms with van der Waals surface area (Å²) in [4.78, 5) is 0. The molecule has 2 unspecified atom stereocenters. The summed E-state index contributed by atoms with van der Waals surface area (Å²) in [5.41, 5.74) is 10.6. The van der Waals surface area contributed by atoms with E-state index in [1.54, 1.807) is 0 Å². The predicted molar refractivity (Wildman–Crippen MR) is 186 cm³/mol. The van der Waals surface area contributed by atoms with Gasteiger partial charge < -0.3 is 0 Å². The van der Waals surface area contributed by atoms with E-state index in [1.165, 1.54) is 47.8 Å². The van der Waals surface area contributed by atoms with E-state index in [0.29, 0.717) is 0 Å². The maximum absolute atomic E-state index is 9.00. The van der Waals surface area contributed by atoms with Gasteiger partial charge in [-0.3, -0.25) is 0 Å². The van der Waals surface area contributed by atoms with Gasteiger partial charge in [-0.2, -0.15) is 0 Å². The first kappa shape index (κ1) is 30.1. The van der Waals surface area contributed by atoms with Crippen LogP contribution in [-0.4, -0.2) is 5.92 Å². The van der Waals surface area contributed by atoms with Crippen LogP contribution < -0.4 is 3.27 Å². The Labute approximate surface area is 258 Å². The molecule has 2 aliphatic carbocycles. The van der Waals surface area contributed by atoms with Gasteiger partial charge in [0.2, 0.25) is 0 Å². The van der Waals surface area contributed by atoms with E-state index in [4.69, 9.17) is 17.0 Å². The van der Waals surface area contributed by atoms with Crippen LogP contribution in [0.15, 0.2) is 109 Å². The molecule has 0 spiro atoms. The van der Waals surface area contributed by atoms with Gasteiger partial charge in [-0.1, -0.05) is 0 Å². The summed E-state index contributed by atoms with van der Waals surface area (Å²) < 4.78 is 1.20. The Morgan fingerprint density at radius 2 is 1.38 bits per heavy atom. The third-order valence-corrected chi connectivity index (χ3v) is 77.8. The number of hydrogen-bond donors (Lipinski definition) is 0. The molecular weight excluding hydrogens is 647 g/mol. The molecule has 0 saturated heterocycles. The number of benzene rings is 4. The fourth-order valence-corrected chi connectivity index (χ4v) is 51.8. The third kappa shape index (κ3) is 4.16. The van der Waals surface area contributed by atoms with Gasteiger partial charge in [0.25, 0.3) is 0 Å². The molecule has 0 aliphatic heterocycles. The number of fused-ring (bicyclic) bond motifs is 2. The molecular formula is C38H42Cl2SiZr. The molecule has 0 radical (unpaired) electrons. The summed E-state index contributed by atoms with van der Waals surface area (Å²) in [6.45, 7) is 9.41. The second kappa shape index (κ2) is 10.9. The van der Waals surface area contributed by atoms with Crippen molar-refractivity contribution in [3.8, 4) is 11.1 Å². The number of halogens is 2. The molecule has 6 rings (SSSR count). The van der Waals surface area contributed by atoms with E-state index in [2.05, 4.69) is 142 Å². The van der Waals surface area contributed by atoms with Crippen LogP contribution in [0.2, 0.25) is 13.1 Å². The molecule has 0 N–H and O–H groups in total. The van der Waals surface area contributed by atoms with Gasteiger partial charge in [0.1, 0.15) is 0 Å². The zero-order valence-electron chi connectivity index (χ0n) is 25.3. The van der Waals surface area contributed by atoms with Crippen LogP contribution in [0.1, 0.15) is 68.2 Å². The van der Waals surface area contributed by atoms with Crippen LogP contribution in [0, 0.1) is 0 Å². The molecule has 0 aromatic heterocycles. The normalized spacial score (nSPS) is 19.3. The van der Waals surface area contributed by atoms with E-state index in [-0.39, 0.29) is 7.25 Å². The first-order valence-electron chi connectivity index (χ1n) is 15.7. The first-order chi connectivity index (χ1) is 20.2. The van der Waals surface area contributed by atoms with Gasteiger partial charge in [0.05, 0.1) is 0 Å².